The van der Waals surface area contributed by atoms with E-state index in [1.807, 2.05) is 37.3 Å². The fourth-order valence-electron chi connectivity index (χ4n) is 3.42. The molecule has 0 unspecified atom stereocenters. The minimum absolute atomic E-state index is 0.180. The Labute approximate surface area is 209 Å². The number of anilines is 1. The number of nitrogens with zero attached hydrogens (tertiary/aromatic N) is 1. The fraction of sp³-hybridized carbons (Fsp3) is 0.0800. The van der Waals surface area contributed by atoms with Crippen molar-refractivity contribution in [3.05, 3.63) is 103 Å². The van der Waals surface area contributed by atoms with Gasteiger partial charge in [-0.3, -0.25) is 14.9 Å². The molecule has 1 aliphatic rings. The average Bonchev–Trinajstić information content (AvgIpc) is 2.76. The monoisotopic (exact) mass is 542 g/mol. The highest BCUT2D eigenvalue weighted by molar-refractivity contribution is 9.10. The molecule has 0 aromatic heterocycles. The summed E-state index contributed by atoms with van der Waals surface area (Å²) >= 11 is 16.2. The zero-order chi connectivity index (χ0) is 23.7. The molecule has 0 spiro atoms. The van der Waals surface area contributed by atoms with E-state index < -0.39 is 17.8 Å². The third-order valence-electron chi connectivity index (χ3n) is 5.24. The van der Waals surface area contributed by atoms with Crippen molar-refractivity contribution in [1.29, 1.82) is 0 Å². The number of hydrogen-bond acceptors (Lipinski definition) is 3. The molecule has 0 saturated carbocycles. The summed E-state index contributed by atoms with van der Waals surface area (Å²) < 4.78 is 0.984. The Kier molecular flexibility index (Phi) is 6.70. The fourth-order valence-corrected chi connectivity index (χ4v) is 4.28. The SMILES string of the molecule is Cc1ccc(N2C(=O)NC(=O)/C(=C\c3ccc(Cc4ccccc4Br)c(Cl)c3)C2=O)cc1Cl. The lowest BCUT2D eigenvalue weighted by Crippen LogP contribution is -2.54. The van der Waals surface area contributed by atoms with Crippen LogP contribution < -0.4 is 10.2 Å². The number of imide groups is 2. The van der Waals surface area contributed by atoms with E-state index in [0.29, 0.717) is 22.0 Å². The van der Waals surface area contributed by atoms with E-state index in [2.05, 4.69) is 21.2 Å². The minimum atomic E-state index is -0.830. The normalized spacial score (nSPS) is 15.2. The van der Waals surface area contributed by atoms with Crippen LogP contribution in [0.2, 0.25) is 10.0 Å². The van der Waals surface area contributed by atoms with Gasteiger partial charge in [0.25, 0.3) is 11.8 Å². The van der Waals surface area contributed by atoms with Crippen molar-refractivity contribution in [2.45, 2.75) is 13.3 Å². The lowest BCUT2D eigenvalue weighted by molar-refractivity contribution is -0.122. The first-order chi connectivity index (χ1) is 15.7. The number of benzene rings is 3. The molecular weight excluding hydrogens is 527 g/mol. The predicted octanol–water partition coefficient (Wildman–Crippen LogP) is 6.32. The Hall–Kier alpha value is -2.93. The number of urea groups is 1. The van der Waals surface area contributed by atoms with Crippen molar-refractivity contribution < 1.29 is 14.4 Å². The van der Waals surface area contributed by atoms with Gasteiger partial charge >= 0.3 is 6.03 Å². The van der Waals surface area contributed by atoms with Gasteiger partial charge in [0.15, 0.2) is 0 Å². The number of nitrogens with one attached hydrogen (secondary N) is 1. The van der Waals surface area contributed by atoms with Crippen LogP contribution in [0.4, 0.5) is 10.5 Å². The van der Waals surface area contributed by atoms with Gasteiger partial charge in [-0.25, -0.2) is 9.69 Å². The van der Waals surface area contributed by atoms with Gasteiger partial charge < -0.3 is 0 Å². The van der Waals surface area contributed by atoms with Gasteiger partial charge in [-0.05, 0) is 59.5 Å². The number of carbonyl (C=O) groups is 3. The summed E-state index contributed by atoms with van der Waals surface area (Å²) in [7, 11) is 0. The maximum atomic E-state index is 13.1. The largest absolute Gasteiger partial charge is 0.335 e. The predicted molar refractivity (Wildman–Crippen MR) is 134 cm³/mol. The van der Waals surface area contributed by atoms with Gasteiger partial charge in [0.2, 0.25) is 0 Å². The van der Waals surface area contributed by atoms with Crippen LogP contribution in [0.25, 0.3) is 6.08 Å². The van der Waals surface area contributed by atoms with E-state index in [-0.39, 0.29) is 11.3 Å². The van der Waals surface area contributed by atoms with Crippen molar-refractivity contribution in [2.75, 3.05) is 4.90 Å². The second kappa shape index (κ2) is 9.51. The number of carbonyl (C=O) groups excluding carboxylic acids is 3. The molecule has 0 atom stereocenters. The third-order valence-corrected chi connectivity index (χ3v) is 6.77. The van der Waals surface area contributed by atoms with Gasteiger partial charge in [-0.1, -0.05) is 75.5 Å². The van der Waals surface area contributed by atoms with Crippen LogP contribution in [-0.2, 0) is 16.0 Å². The molecule has 0 aliphatic carbocycles. The van der Waals surface area contributed by atoms with E-state index in [9.17, 15) is 14.4 Å². The maximum Gasteiger partial charge on any atom is 0.335 e. The number of aryl methyl sites for hydroxylation is 1. The van der Waals surface area contributed by atoms with E-state index >= 15 is 0 Å². The van der Waals surface area contributed by atoms with Crippen LogP contribution in [0.5, 0.6) is 0 Å². The minimum Gasteiger partial charge on any atom is -0.273 e. The van der Waals surface area contributed by atoms with Crippen LogP contribution in [0.15, 0.2) is 70.7 Å². The lowest BCUT2D eigenvalue weighted by Gasteiger charge is -2.26. The highest BCUT2D eigenvalue weighted by Crippen LogP contribution is 2.28. The Balaban J connectivity index is 1.64. The third kappa shape index (κ3) is 4.88. The molecular formula is C25H17BrCl2N2O3. The number of barbiturate groups is 1. The van der Waals surface area contributed by atoms with Crippen molar-refractivity contribution in [1.82, 2.24) is 5.32 Å². The van der Waals surface area contributed by atoms with Crippen molar-refractivity contribution in [3.8, 4) is 0 Å². The Morgan fingerprint density at radius 1 is 0.939 bits per heavy atom. The molecule has 1 fully saturated rings. The van der Waals surface area contributed by atoms with Crippen LogP contribution >= 0.6 is 39.1 Å². The smallest absolute Gasteiger partial charge is 0.273 e. The van der Waals surface area contributed by atoms with E-state index in [1.54, 1.807) is 24.3 Å². The summed E-state index contributed by atoms with van der Waals surface area (Å²) in [6.45, 7) is 1.81. The molecule has 1 heterocycles. The standard InChI is InChI=1S/C25H17BrCl2N2O3/c1-14-6-9-18(13-21(14)27)30-24(32)19(23(31)29-25(30)33)10-15-7-8-17(22(28)11-15)12-16-4-2-3-5-20(16)26/h2-11,13H,12H2,1H3,(H,29,31,33)/b19-10+. The molecule has 3 aromatic carbocycles. The molecule has 0 radical (unpaired) electrons. The van der Waals surface area contributed by atoms with Crippen molar-refractivity contribution >= 4 is 68.7 Å². The van der Waals surface area contributed by atoms with Gasteiger partial charge in [0.05, 0.1) is 5.69 Å². The van der Waals surface area contributed by atoms with Gasteiger partial charge in [0.1, 0.15) is 5.57 Å². The maximum absolute atomic E-state index is 13.1. The molecule has 5 nitrogen and oxygen atoms in total. The molecule has 33 heavy (non-hydrogen) atoms. The quantitative estimate of drug-likeness (QED) is 0.309. The summed E-state index contributed by atoms with van der Waals surface area (Å²) in [6, 6.07) is 17.1. The first kappa shape index (κ1) is 23.2. The van der Waals surface area contributed by atoms with Crippen LogP contribution in [0, 0.1) is 6.92 Å². The molecule has 166 valence electrons. The number of rotatable bonds is 4. The summed E-state index contributed by atoms with van der Waals surface area (Å²) in [5, 5.41) is 3.11. The topological polar surface area (TPSA) is 66.5 Å². The molecule has 1 aliphatic heterocycles. The number of halogens is 3. The summed E-state index contributed by atoms with van der Waals surface area (Å²) in [4.78, 5) is 38.8. The van der Waals surface area contributed by atoms with Gasteiger partial charge in [-0.15, -0.1) is 0 Å². The van der Waals surface area contributed by atoms with Gasteiger partial charge in [-0.2, -0.15) is 0 Å². The lowest BCUT2D eigenvalue weighted by atomic mass is 10.0. The first-order valence-electron chi connectivity index (χ1n) is 9.94. The number of amides is 4. The summed E-state index contributed by atoms with van der Waals surface area (Å²) in [6.07, 6.45) is 2.04. The van der Waals surface area contributed by atoms with E-state index in [4.69, 9.17) is 23.2 Å². The summed E-state index contributed by atoms with van der Waals surface area (Å²) in [5.41, 5.74) is 3.43. The highest BCUT2D eigenvalue weighted by Gasteiger charge is 2.37. The molecule has 4 rings (SSSR count). The zero-order valence-corrected chi connectivity index (χ0v) is 20.5. The Morgan fingerprint density at radius 2 is 1.70 bits per heavy atom. The first-order valence-corrected chi connectivity index (χ1v) is 11.5. The average molecular weight is 544 g/mol. The molecule has 4 amide bonds. The Bertz CT molecular complexity index is 1340. The van der Waals surface area contributed by atoms with Crippen LogP contribution in [0.3, 0.4) is 0 Å². The van der Waals surface area contributed by atoms with E-state index in [0.717, 1.165) is 26.1 Å². The second-order valence-corrected chi connectivity index (χ2v) is 9.18. The molecule has 8 heteroatoms. The highest BCUT2D eigenvalue weighted by atomic mass is 79.9. The van der Waals surface area contributed by atoms with E-state index in [1.165, 1.54) is 12.1 Å². The molecule has 3 aromatic rings. The van der Waals surface area contributed by atoms with Crippen LogP contribution in [-0.4, -0.2) is 17.8 Å². The number of hydrogen-bond donors (Lipinski definition) is 1. The van der Waals surface area contributed by atoms with Crippen LogP contribution in [0.1, 0.15) is 22.3 Å². The molecule has 1 saturated heterocycles. The van der Waals surface area contributed by atoms with Crippen molar-refractivity contribution in [2.24, 2.45) is 0 Å². The summed E-state index contributed by atoms with van der Waals surface area (Å²) in [5.74, 6) is -1.51. The second-order valence-electron chi connectivity index (χ2n) is 7.51. The molecule has 0 bridgehead atoms. The Morgan fingerprint density at radius 3 is 2.39 bits per heavy atom. The van der Waals surface area contributed by atoms with Crippen molar-refractivity contribution in [3.63, 3.8) is 0 Å². The molecule has 1 N–H and O–H groups in total. The van der Waals surface area contributed by atoms with Gasteiger partial charge in [0, 0.05) is 20.9 Å². The zero-order valence-electron chi connectivity index (χ0n) is 17.4.